The Kier molecular flexibility index (Phi) is 3.83. The van der Waals surface area contributed by atoms with Crippen molar-refractivity contribution in [2.45, 2.75) is 12.5 Å². The number of hydrogen-bond acceptors (Lipinski definition) is 4. The smallest absolute Gasteiger partial charge is 0.170 e. The lowest BCUT2D eigenvalue weighted by molar-refractivity contribution is -0.130. The second kappa shape index (κ2) is 4.17. The van der Waals surface area contributed by atoms with Gasteiger partial charge in [-0.25, -0.2) is 0 Å². The van der Waals surface area contributed by atoms with Crippen molar-refractivity contribution in [2.24, 2.45) is 0 Å². The molecule has 0 aromatic carbocycles. The molecular weight excluding hydrogens is 124 g/mol. The molecule has 52 valence electrons. The summed E-state index contributed by atoms with van der Waals surface area (Å²) in [5.41, 5.74) is 0. The standard InChI is InChI=1S/C5H8O4/c6-2-1-4(8)5(9)3-7/h2,5,7,9H,1,3H2. The van der Waals surface area contributed by atoms with Crippen LogP contribution >= 0.6 is 0 Å². The van der Waals surface area contributed by atoms with Crippen molar-refractivity contribution >= 4 is 12.1 Å². The van der Waals surface area contributed by atoms with Crippen molar-refractivity contribution < 1.29 is 19.8 Å². The Hall–Kier alpha value is -0.740. The van der Waals surface area contributed by atoms with Crippen LogP contribution in [0.15, 0.2) is 0 Å². The number of carbonyl (C=O) groups excluding carboxylic acids is 2. The number of aldehydes is 1. The number of carbonyl (C=O) groups is 2. The molecule has 0 spiro atoms. The first-order valence-electron chi connectivity index (χ1n) is 2.47. The Morgan fingerprint density at radius 1 is 1.67 bits per heavy atom. The summed E-state index contributed by atoms with van der Waals surface area (Å²) in [5, 5.41) is 16.6. The molecule has 0 heterocycles. The molecule has 0 amide bonds. The zero-order chi connectivity index (χ0) is 7.28. The average molecular weight is 132 g/mol. The van der Waals surface area contributed by atoms with Crippen molar-refractivity contribution in [3.05, 3.63) is 0 Å². The molecule has 0 bridgehead atoms. The van der Waals surface area contributed by atoms with Gasteiger partial charge >= 0.3 is 0 Å². The van der Waals surface area contributed by atoms with E-state index >= 15 is 0 Å². The van der Waals surface area contributed by atoms with Gasteiger partial charge in [0.15, 0.2) is 5.78 Å². The van der Waals surface area contributed by atoms with E-state index in [1.807, 2.05) is 0 Å². The lowest BCUT2D eigenvalue weighted by Gasteiger charge is -2.00. The van der Waals surface area contributed by atoms with Gasteiger partial charge < -0.3 is 15.0 Å². The van der Waals surface area contributed by atoms with Crippen molar-refractivity contribution in [3.63, 3.8) is 0 Å². The normalized spacial score (nSPS) is 12.7. The van der Waals surface area contributed by atoms with Gasteiger partial charge in [-0.05, 0) is 0 Å². The van der Waals surface area contributed by atoms with Gasteiger partial charge in [0.05, 0.1) is 13.0 Å². The molecule has 4 heteroatoms. The van der Waals surface area contributed by atoms with E-state index < -0.39 is 18.5 Å². The molecule has 1 unspecified atom stereocenters. The second-order valence-electron chi connectivity index (χ2n) is 1.54. The Labute approximate surface area is 52.1 Å². The molecular formula is C5H8O4. The van der Waals surface area contributed by atoms with E-state index in [4.69, 9.17) is 10.2 Å². The van der Waals surface area contributed by atoms with E-state index in [0.29, 0.717) is 6.29 Å². The largest absolute Gasteiger partial charge is 0.393 e. The molecule has 0 fully saturated rings. The van der Waals surface area contributed by atoms with Gasteiger partial charge in [-0.1, -0.05) is 0 Å². The minimum absolute atomic E-state index is 0.332. The Morgan fingerprint density at radius 2 is 2.22 bits per heavy atom. The highest BCUT2D eigenvalue weighted by atomic mass is 16.3. The summed E-state index contributed by atoms with van der Waals surface area (Å²) < 4.78 is 0. The number of Topliss-reactive ketones (excluding diaryl/α,β-unsaturated/α-hetero) is 1. The number of rotatable bonds is 4. The summed E-state index contributed by atoms with van der Waals surface area (Å²) in [6.45, 7) is -0.618. The van der Waals surface area contributed by atoms with Gasteiger partial charge in [0, 0.05) is 0 Å². The monoisotopic (exact) mass is 132 g/mol. The van der Waals surface area contributed by atoms with Gasteiger partial charge in [-0.15, -0.1) is 0 Å². The number of aliphatic hydroxyl groups excluding tert-OH is 2. The molecule has 0 rings (SSSR count). The highest BCUT2D eigenvalue weighted by Crippen LogP contribution is 1.86. The van der Waals surface area contributed by atoms with E-state index in [2.05, 4.69) is 0 Å². The predicted octanol–water partition coefficient (Wildman–Crippen LogP) is -1.50. The van der Waals surface area contributed by atoms with Crippen LogP contribution < -0.4 is 0 Å². The molecule has 9 heavy (non-hydrogen) atoms. The van der Waals surface area contributed by atoms with Crippen LogP contribution in [0, 0.1) is 0 Å². The van der Waals surface area contributed by atoms with Crippen molar-refractivity contribution in [3.8, 4) is 0 Å². The Morgan fingerprint density at radius 3 is 2.56 bits per heavy atom. The van der Waals surface area contributed by atoms with Crippen LogP contribution in [0.25, 0.3) is 0 Å². The van der Waals surface area contributed by atoms with Crippen LogP contribution in [-0.2, 0) is 9.59 Å². The molecule has 0 aliphatic carbocycles. The first kappa shape index (κ1) is 8.26. The molecule has 0 saturated heterocycles. The highest BCUT2D eigenvalue weighted by molar-refractivity contribution is 5.92. The molecule has 0 saturated carbocycles. The quantitative estimate of drug-likeness (QED) is 0.360. The van der Waals surface area contributed by atoms with Crippen molar-refractivity contribution in [1.82, 2.24) is 0 Å². The number of hydrogen-bond donors (Lipinski definition) is 2. The average Bonchev–Trinajstić information content (AvgIpc) is 1.87. The van der Waals surface area contributed by atoms with Crippen molar-refractivity contribution in [1.29, 1.82) is 0 Å². The fourth-order valence-electron chi connectivity index (χ4n) is 0.320. The van der Waals surface area contributed by atoms with E-state index in [0.717, 1.165) is 0 Å². The maximum Gasteiger partial charge on any atom is 0.170 e. The van der Waals surface area contributed by atoms with E-state index in [-0.39, 0.29) is 6.42 Å². The van der Waals surface area contributed by atoms with Gasteiger partial charge in [-0.2, -0.15) is 0 Å². The van der Waals surface area contributed by atoms with Crippen LogP contribution in [0.3, 0.4) is 0 Å². The summed E-state index contributed by atoms with van der Waals surface area (Å²) in [4.78, 5) is 20.0. The molecule has 1 atom stereocenters. The van der Waals surface area contributed by atoms with Crippen LogP contribution in [-0.4, -0.2) is 35.0 Å². The van der Waals surface area contributed by atoms with E-state index in [1.165, 1.54) is 0 Å². The van der Waals surface area contributed by atoms with Crippen LogP contribution in [0.5, 0.6) is 0 Å². The molecule has 2 N–H and O–H groups in total. The molecule has 0 aromatic rings. The van der Waals surface area contributed by atoms with Crippen molar-refractivity contribution in [2.75, 3.05) is 6.61 Å². The van der Waals surface area contributed by atoms with Gasteiger partial charge in [0.2, 0.25) is 0 Å². The molecule has 0 aliphatic rings. The first-order valence-corrected chi connectivity index (χ1v) is 2.47. The maximum absolute atomic E-state index is 10.3. The Balaban J connectivity index is 3.58. The minimum atomic E-state index is -1.39. The number of aliphatic hydroxyl groups is 2. The zero-order valence-electron chi connectivity index (χ0n) is 4.78. The summed E-state index contributed by atoms with van der Waals surface area (Å²) in [7, 11) is 0. The first-order chi connectivity index (χ1) is 4.22. The zero-order valence-corrected chi connectivity index (χ0v) is 4.78. The molecule has 0 aromatic heterocycles. The predicted molar refractivity (Wildman–Crippen MR) is 28.8 cm³/mol. The van der Waals surface area contributed by atoms with E-state index in [1.54, 1.807) is 0 Å². The topological polar surface area (TPSA) is 74.6 Å². The van der Waals surface area contributed by atoms with E-state index in [9.17, 15) is 9.59 Å². The highest BCUT2D eigenvalue weighted by Gasteiger charge is 2.11. The Bertz CT molecular complexity index is 110. The van der Waals surface area contributed by atoms with Gasteiger partial charge in [-0.3, -0.25) is 4.79 Å². The van der Waals surface area contributed by atoms with Crippen LogP contribution in [0.2, 0.25) is 0 Å². The van der Waals surface area contributed by atoms with Gasteiger partial charge in [0.25, 0.3) is 0 Å². The third-order valence-corrected chi connectivity index (χ3v) is 0.829. The fourth-order valence-corrected chi connectivity index (χ4v) is 0.320. The van der Waals surface area contributed by atoms with Crippen LogP contribution in [0.1, 0.15) is 6.42 Å². The third-order valence-electron chi connectivity index (χ3n) is 0.829. The third kappa shape index (κ3) is 2.94. The summed E-state index contributed by atoms with van der Waals surface area (Å²) in [6.07, 6.45) is -1.33. The SMILES string of the molecule is O=CCC(=O)C(O)CO. The fraction of sp³-hybridized carbons (Fsp3) is 0.600. The maximum atomic E-state index is 10.3. The molecule has 4 nitrogen and oxygen atoms in total. The number of ketones is 1. The summed E-state index contributed by atoms with van der Waals surface area (Å²) >= 11 is 0. The van der Waals surface area contributed by atoms with Crippen LogP contribution in [0.4, 0.5) is 0 Å². The lowest BCUT2D eigenvalue weighted by Crippen LogP contribution is -2.24. The minimum Gasteiger partial charge on any atom is -0.393 e. The molecule has 0 radical (unpaired) electrons. The molecule has 0 aliphatic heterocycles. The summed E-state index contributed by atoms with van der Waals surface area (Å²) in [6, 6.07) is 0. The summed E-state index contributed by atoms with van der Waals surface area (Å²) in [5.74, 6) is -0.646. The lowest BCUT2D eigenvalue weighted by atomic mass is 10.2. The van der Waals surface area contributed by atoms with Gasteiger partial charge in [0.1, 0.15) is 12.4 Å². The second-order valence-corrected chi connectivity index (χ2v) is 1.54.